The Balaban J connectivity index is 1.62. The van der Waals surface area contributed by atoms with Gasteiger partial charge in [-0.15, -0.1) is 0 Å². The average molecular weight is 498 g/mol. The highest BCUT2D eigenvalue weighted by Gasteiger charge is 2.49. The fraction of sp³-hybridized carbons (Fsp3) is 0.481. The quantitative estimate of drug-likeness (QED) is 0.592. The van der Waals surface area contributed by atoms with Gasteiger partial charge in [0.05, 0.1) is 11.6 Å². The van der Waals surface area contributed by atoms with E-state index in [1.54, 1.807) is 17.0 Å². The van der Waals surface area contributed by atoms with E-state index in [9.17, 15) is 19.1 Å². The monoisotopic (exact) mass is 497 g/mol. The summed E-state index contributed by atoms with van der Waals surface area (Å²) in [5, 5.41) is 12.7. The van der Waals surface area contributed by atoms with E-state index in [4.69, 9.17) is 4.74 Å². The van der Waals surface area contributed by atoms with E-state index in [1.165, 1.54) is 16.9 Å². The maximum atomic E-state index is 15.2. The lowest BCUT2D eigenvalue weighted by Crippen LogP contribution is -2.64. The Bertz CT molecular complexity index is 1300. The first-order chi connectivity index (χ1) is 17.4. The van der Waals surface area contributed by atoms with Crippen LogP contribution in [0.25, 0.3) is 0 Å². The molecule has 1 atom stereocenters. The summed E-state index contributed by atoms with van der Waals surface area (Å²) >= 11 is 0. The Morgan fingerprint density at radius 1 is 1.03 bits per heavy atom. The summed E-state index contributed by atoms with van der Waals surface area (Å²) in [7, 11) is 0. The first-order valence-electron chi connectivity index (χ1n) is 12.7. The zero-order valence-corrected chi connectivity index (χ0v) is 20.0. The fourth-order valence-electron chi connectivity index (χ4n) is 6.40. The van der Waals surface area contributed by atoms with Gasteiger partial charge in [0.2, 0.25) is 11.2 Å². The van der Waals surface area contributed by atoms with Crippen molar-refractivity contribution in [2.45, 2.75) is 62.9 Å². The number of rotatable bonds is 1. The second kappa shape index (κ2) is 8.64. The number of aromatic nitrogens is 1. The van der Waals surface area contributed by atoms with Gasteiger partial charge in [-0.3, -0.25) is 19.3 Å². The summed E-state index contributed by atoms with van der Waals surface area (Å²) in [6.45, 7) is 0.211. The van der Waals surface area contributed by atoms with E-state index in [0.29, 0.717) is 5.56 Å². The van der Waals surface area contributed by atoms with Crippen LogP contribution in [0, 0.1) is 17.6 Å². The van der Waals surface area contributed by atoms with Gasteiger partial charge in [0.25, 0.3) is 5.91 Å². The summed E-state index contributed by atoms with van der Waals surface area (Å²) in [5.41, 5.74) is -0.833. The van der Waals surface area contributed by atoms with Crippen LogP contribution in [0.3, 0.4) is 0 Å². The maximum Gasteiger partial charge on any atom is 0.278 e. The van der Waals surface area contributed by atoms with Crippen molar-refractivity contribution in [2.24, 2.45) is 5.92 Å². The maximum absolute atomic E-state index is 15.2. The molecule has 1 spiro atoms. The molecule has 1 unspecified atom stereocenters. The molecule has 190 valence electrons. The number of pyridine rings is 1. The molecular weight excluding hydrogens is 468 g/mol. The number of hydrogen-bond acceptors (Lipinski definition) is 5. The van der Waals surface area contributed by atoms with Crippen LogP contribution in [0.15, 0.2) is 41.3 Å². The van der Waals surface area contributed by atoms with Crippen molar-refractivity contribution >= 4 is 5.91 Å². The summed E-state index contributed by atoms with van der Waals surface area (Å²) < 4.78 is 37.0. The Hall–Kier alpha value is -3.36. The molecule has 2 aliphatic heterocycles. The highest BCUT2D eigenvalue weighted by atomic mass is 19.2. The number of aromatic hydroxyl groups is 1. The number of halogens is 2. The topological polar surface area (TPSA) is 75.0 Å². The highest BCUT2D eigenvalue weighted by Crippen LogP contribution is 2.47. The average Bonchev–Trinajstić information content (AvgIpc) is 2.88. The van der Waals surface area contributed by atoms with Crippen LogP contribution in [0.5, 0.6) is 11.5 Å². The van der Waals surface area contributed by atoms with Gasteiger partial charge in [-0.2, -0.15) is 4.39 Å². The van der Waals surface area contributed by atoms with Crippen LogP contribution < -0.4 is 15.2 Å². The van der Waals surface area contributed by atoms with E-state index in [-0.39, 0.29) is 30.6 Å². The molecule has 4 aliphatic rings. The van der Waals surface area contributed by atoms with Gasteiger partial charge in [0.1, 0.15) is 13.3 Å². The first-order valence-corrected chi connectivity index (χ1v) is 12.7. The molecule has 2 aromatic rings. The lowest BCUT2D eigenvalue weighted by molar-refractivity contribution is 0.0228. The molecule has 1 amide bonds. The molecule has 36 heavy (non-hydrogen) atoms. The summed E-state index contributed by atoms with van der Waals surface area (Å²) in [5.74, 6) is -3.10. The molecule has 2 aliphatic carbocycles. The molecule has 1 aromatic carbocycles. The molecule has 7 nitrogen and oxygen atoms in total. The van der Waals surface area contributed by atoms with Crippen molar-refractivity contribution in [1.82, 2.24) is 9.58 Å². The number of hydrogen-bond donors (Lipinski definition) is 1. The second-order valence-corrected chi connectivity index (χ2v) is 10.3. The smallest absolute Gasteiger partial charge is 0.278 e. The number of benzene rings is 1. The molecule has 1 N–H and O–H groups in total. The van der Waals surface area contributed by atoms with Crippen LogP contribution in [0.2, 0.25) is 0 Å². The lowest BCUT2D eigenvalue weighted by atomic mass is 9.74. The number of ether oxygens (including phenoxy) is 1. The van der Waals surface area contributed by atoms with E-state index in [0.717, 1.165) is 57.4 Å². The van der Waals surface area contributed by atoms with Crippen molar-refractivity contribution in [3.05, 3.63) is 69.7 Å². The molecule has 9 heteroatoms. The predicted molar refractivity (Wildman–Crippen MR) is 129 cm³/mol. The van der Waals surface area contributed by atoms with E-state index in [1.807, 2.05) is 11.1 Å². The summed E-state index contributed by atoms with van der Waals surface area (Å²) in [4.78, 5) is 27.9. The molecule has 3 heterocycles. The van der Waals surface area contributed by atoms with Crippen LogP contribution in [0.4, 0.5) is 8.78 Å². The summed E-state index contributed by atoms with van der Waals surface area (Å²) in [6, 6.07) is 3.44. The largest absolute Gasteiger partial charge is 0.502 e. The van der Waals surface area contributed by atoms with Gasteiger partial charge >= 0.3 is 0 Å². The molecule has 2 bridgehead atoms. The molecule has 1 aromatic heterocycles. The fourth-order valence-corrected chi connectivity index (χ4v) is 6.40. The lowest BCUT2D eigenvalue weighted by Gasteiger charge is -2.54. The third-order valence-electron chi connectivity index (χ3n) is 8.39. The summed E-state index contributed by atoms with van der Waals surface area (Å²) in [6.07, 6.45) is 12.4. The number of carbonyl (C=O) groups excluding carboxylic acids is 1. The number of fused-ring (bicyclic) bond motifs is 6. The van der Waals surface area contributed by atoms with Crippen LogP contribution in [-0.2, 0) is 0 Å². The Labute approximate surface area is 207 Å². The van der Waals surface area contributed by atoms with Crippen molar-refractivity contribution in [3.8, 4) is 11.5 Å². The van der Waals surface area contributed by atoms with Crippen molar-refractivity contribution in [1.29, 1.82) is 0 Å². The molecule has 6 rings (SSSR count). The molecule has 0 saturated heterocycles. The van der Waals surface area contributed by atoms with Crippen molar-refractivity contribution < 1.29 is 23.4 Å². The Morgan fingerprint density at radius 2 is 1.81 bits per heavy atom. The minimum absolute atomic E-state index is 0.0323. The van der Waals surface area contributed by atoms with Crippen LogP contribution >= 0.6 is 0 Å². The van der Waals surface area contributed by atoms with Crippen molar-refractivity contribution in [3.63, 3.8) is 0 Å². The zero-order chi connectivity index (χ0) is 25.0. The zero-order valence-electron chi connectivity index (χ0n) is 20.0. The number of nitrogens with zero attached hydrogens (tertiary/aromatic N) is 3. The van der Waals surface area contributed by atoms with E-state index < -0.39 is 40.3 Å². The standard InChI is InChI=1S/C27H29F2N3O4/c28-19-9-8-18-22(17-6-2-1-3-7-17)32-16-30(26(35)23-24(34)20(33)10-14-31(23)32)27(11-4-12-27)13-5-15-36-25(18)21(19)29/h5,8-10,13-14,17,22,34H,1-4,6-7,11-12,15-16H2/b13-5+. The number of carbonyl (C=O) groups is 1. The molecule has 2 fully saturated rings. The minimum Gasteiger partial charge on any atom is -0.502 e. The van der Waals surface area contributed by atoms with Crippen molar-refractivity contribution in [2.75, 3.05) is 18.3 Å². The van der Waals surface area contributed by atoms with Crippen LogP contribution in [0.1, 0.15) is 73.5 Å². The molecular formula is C27H29F2N3O4. The molecule has 2 saturated carbocycles. The number of amides is 1. The van der Waals surface area contributed by atoms with E-state index in [2.05, 4.69) is 0 Å². The first kappa shape index (κ1) is 23.1. The van der Waals surface area contributed by atoms with E-state index >= 15 is 4.39 Å². The SMILES string of the molecule is O=C1c2c(O)c(=O)ccn2N2CN1C1(/C=C/COc3c(ccc(F)c3F)C2C2CCCCC2)CCC1. The van der Waals surface area contributed by atoms with Crippen LogP contribution in [-0.4, -0.2) is 39.4 Å². The highest BCUT2D eigenvalue weighted by molar-refractivity contribution is 5.97. The second-order valence-electron chi connectivity index (χ2n) is 10.3. The van der Waals surface area contributed by atoms with Gasteiger partial charge in [-0.25, -0.2) is 4.39 Å². The third kappa shape index (κ3) is 3.43. The van der Waals surface area contributed by atoms with Gasteiger partial charge in [-0.1, -0.05) is 31.4 Å². The normalized spacial score (nSPS) is 24.3. The van der Waals surface area contributed by atoms with Gasteiger partial charge in [0.15, 0.2) is 23.0 Å². The molecule has 0 radical (unpaired) electrons. The third-order valence-corrected chi connectivity index (χ3v) is 8.39. The minimum atomic E-state index is -1.03. The van der Waals surface area contributed by atoms with Gasteiger partial charge in [0, 0.05) is 17.8 Å². The Morgan fingerprint density at radius 3 is 2.53 bits per heavy atom. The van der Waals surface area contributed by atoms with Gasteiger partial charge in [-0.05, 0) is 50.2 Å². The Kier molecular flexibility index (Phi) is 5.53. The van der Waals surface area contributed by atoms with Gasteiger partial charge < -0.3 is 14.7 Å². The predicted octanol–water partition coefficient (Wildman–Crippen LogP) is 4.38.